The van der Waals surface area contributed by atoms with Gasteiger partial charge in [-0.25, -0.2) is 4.98 Å². The highest BCUT2D eigenvalue weighted by molar-refractivity contribution is 5.48. The van der Waals surface area contributed by atoms with Crippen LogP contribution in [0.1, 0.15) is 5.69 Å². The van der Waals surface area contributed by atoms with Gasteiger partial charge in [0, 0.05) is 24.8 Å². The monoisotopic (exact) mass is 305 g/mol. The van der Waals surface area contributed by atoms with Gasteiger partial charge in [-0.1, -0.05) is 18.2 Å². The summed E-state index contributed by atoms with van der Waals surface area (Å²) in [5, 5.41) is 0. The normalized spacial score (nSPS) is 14.7. The molecule has 0 spiro atoms. The Morgan fingerprint density at radius 1 is 1.05 bits per heavy atom. The van der Waals surface area contributed by atoms with E-state index in [1.165, 1.54) is 5.69 Å². The number of nitrogens with two attached hydrogens (primary N) is 1. The fourth-order valence-corrected chi connectivity index (χ4v) is 2.63. The molecular weight excluding hydrogens is 286 g/mol. The summed E-state index contributed by atoms with van der Waals surface area (Å²) in [6.07, 6.45) is 0. The molecule has 112 valence electrons. The second-order valence-corrected chi connectivity index (χ2v) is 5.10. The number of nitrogens with zero attached hydrogens (tertiary/aromatic N) is 3. The summed E-state index contributed by atoms with van der Waals surface area (Å²) in [7, 11) is 0. The topological polar surface area (TPSA) is 59.5 Å². The van der Waals surface area contributed by atoms with Crippen LogP contribution >= 0.6 is 0 Å². The summed E-state index contributed by atoms with van der Waals surface area (Å²) in [4.78, 5) is 12.1. The van der Waals surface area contributed by atoms with E-state index in [1.807, 2.05) is 6.92 Å². The second-order valence-electron chi connectivity index (χ2n) is 5.10. The molecule has 1 fully saturated rings. The molecule has 5 nitrogen and oxygen atoms in total. The van der Waals surface area contributed by atoms with Crippen molar-refractivity contribution >= 4 is 17.5 Å². The number of aryl methyl sites for hydroxylation is 1. The zero-order valence-electron chi connectivity index (χ0n) is 12.1. The third-order valence-corrected chi connectivity index (χ3v) is 3.64. The molecule has 1 aliphatic rings. The molecule has 1 aromatic heterocycles. The highest BCUT2D eigenvalue weighted by Gasteiger charge is 2.21. The molecule has 0 bridgehead atoms. The molecule has 6 heteroatoms. The lowest BCUT2D eigenvalue weighted by Gasteiger charge is -2.34. The van der Waals surface area contributed by atoms with E-state index in [4.69, 9.17) is 5.73 Å². The minimum atomic E-state index is 0. The molecule has 3 rings (SSSR count). The predicted molar refractivity (Wildman–Crippen MR) is 80.8 cm³/mol. The first-order valence-electron chi connectivity index (χ1n) is 6.94. The molecule has 0 saturated carbocycles. The molecular formula is C15H20ClN5. The predicted octanol–water partition coefficient (Wildman–Crippen LogP) is -1.88. The standard InChI is InChI=1S/C15H19N5.ClH/c1-12-11-14(18-15(16)17-12)20-9-7-19(8-10-20)13-5-3-2-4-6-13;/h2-6,11H,7-10H2,1H3,(H2,16,17,18);1H. The summed E-state index contributed by atoms with van der Waals surface area (Å²) in [5.74, 6) is 1.54. The third kappa shape index (κ3) is 3.55. The van der Waals surface area contributed by atoms with Crippen molar-refractivity contribution in [3.05, 3.63) is 42.1 Å². The average molecular weight is 306 g/mol. The van der Waals surface area contributed by atoms with E-state index in [0.717, 1.165) is 37.7 Å². The Hall–Kier alpha value is -2.01. The number of halogens is 1. The molecule has 0 atom stereocenters. The molecule has 2 aromatic rings. The summed E-state index contributed by atoms with van der Waals surface area (Å²) in [5.41, 5.74) is 8.02. The number of benzene rings is 1. The Kier molecular flexibility index (Phi) is 4.85. The largest absolute Gasteiger partial charge is 1.00 e. The number of nitrogens with one attached hydrogen (secondary N) is 1. The fourth-order valence-electron chi connectivity index (χ4n) is 2.63. The summed E-state index contributed by atoms with van der Waals surface area (Å²) >= 11 is 0. The lowest BCUT2D eigenvalue weighted by molar-refractivity contribution is -0.350. The van der Waals surface area contributed by atoms with Gasteiger partial charge in [0.2, 0.25) is 0 Å². The lowest BCUT2D eigenvalue weighted by Crippen LogP contribution is -3.00. The average Bonchev–Trinajstić information content (AvgIpc) is 2.47. The molecule has 0 radical (unpaired) electrons. The smallest absolute Gasteiger partial charge is 0.342 e. The number of rotatable bonds is 2. The number of hydrogen-bond acceptors (Lipinski definition) is 4. The zero-order valence-corrected chi connectivity index (χ0v) is 12.8. The third-order valence-electron chi connectivity index (χ3n) is 3.64. The van der Waals surface area contributed by atoms with Gasteiger partial charge < -0.3 is 27.9 Å². The van der Waals surface area contributed by atoms with Gasteiger partial charge in [0.05, 0.1) is 13.1 Å². The van der Waals surface area contributed by atoms with Crippen LogP contribution < -0.4 is 32.9 Å². The maximum Gasteiger partial charge on any atom is 0.342 e. The van der Waals surface area contributed by atoms with E-state index >= 15 is 0 Å². The molecule has 21 heavy (non-hydrogen) atoms. The van der Waals surface area contributed by atoms with Crippen molar-refractivity contribution in [1.29, 1.82) is 0 Å². The number of aromatic nitrogens is 2. The molecule has 0 aliphatic carbocycles. The Labute approximate surface area is 131 Å². The molecule has 1 aliphatic heterocycles. The Bertz CT molecular complexity index is 562. The summed E-state index contributed by atoms with van der Waals surface area (Å²) in [6, 6.07) is 12.6. The number of anilines is 3. The van der Waals surface area contributed by atoms with Crippen molar-refractivity contribution in [2.45, 2.75) is 6.92 Å². The van der Waals surface area contributed by atoms with Crippen LogP contribution in [0.15, 0.2) is 36.4 Å². The fraction of sp³-hybridized carbons (Fsp3) is 0.333. The van der Waals surface area contributed by atoms with E-state index in [1.54, 1.807) is 0 Å². The van der Waals surface area contributed by atoms with Crippen LogP contribution in [0.5, 0.6) is 0 Å². The lowest BCUT2D eigenvalue weighted by atomic mass is 10.2. The number of H-pyrrole nitrogens is 1. The van der Waals surface area contributed by atoms with Crippen LogP contribution in [0, 0.1) is 6.92 Å². The van der Waals surface area contributed by atoms with E-state index in [0.29, 0.717) is 5.95 Å². The van der Waals surface area contributed by atoms with Crippen molar-refractivity contribution in [1.82, 2.24) is 4.98 Å². The van der Waals surface area contributed by atoms with Gasteiger partial charge >= 0.3 is 5.95 Å². The van der Waals surface area contributed by atoms with Crippen LogP contribution in [-0.2, 0) is 0 Å². The SMILES string of the molecule is Cc1cc(N2CCN(c3ccccc3)CC2)[nH+]c(N)n1.[Cl-]. The Morgan fingerprint density at radius 3 is 2.29 bits per heavy atom. The van der Waals surface area contributed by atoms with E-state index in [-0.39, 0.29) is 12.4 Å². The van der Waals surface area contributed by atoms with Crippen molar-refractivity contribution in [2.75, 3.05) is 41.7 Å². The van der Waals surface area contributed by atoms with Crippen molar-refractivity contribution < 1.29 is 17.4 Å². The molecule has 1 saturated heterocycles. The van der Waals surface area contributed by atoms with Crippen molar-refractivity contribution in [3.63, 3.8) is 0 Å². The van der Waals surface area contributed by atoms with Gasteiger partial charge in [-0.3, -0.25) is 0 Å². The van der Waals surface area contributed by atoms with E-state index in [2.05, 4.69) is 56.2 Å². The van der Waals surface area contributed by atoms with Gasteiger partial charge in [-0.15, -0.1) is 4.98 Å². The number of piperazine rings is 1. The Balaban J connectivity index is 0.00000161. The van der Waals surface area contributed by atoms with Crippen LogP contribution in [0.4, 0.5) is 17.5 Å². The van der Waals surface area contributed by atoms with Gasteiger partial charge in [0.25, 0.3) is 0 Å². The minimum absolute atomic E-state index is 0. The number of para-hydroxylation sites is 1. The Morgan fingerprint density at radius 2 is 1.67 bits per heavy atom. The van der Waals surface area contributed by atoms with Crippen LogP contribution in [0.25, 0.3) is 0 Å². The number of aromatic amines is 1. The van der Waals surface area contributed by atoms with Gasteiger partial charge in [0.1, 0.15) is 5.69 Å². The van der Waals surface area contributed by atoms with Crippen molar-refractivity contribution in [2.24, 2.45) is 0 Å². The van der Waals surface area contributed by atoms with E-state index in [9.17, 15) is 0 Å². The minimum Gasteiger partial charge on any atom is -1.00 e. The summed E-state index contributed by atoms with van der Waals surface area (Å²) in [6.45, 7) is 5.95. The van der Waals surface area contributed by atoms with Gasteiger partial charge in [-0.2, -0.15) is 0 Å². The summed E-state index contributed by atoms with van der Waals surface area (Å²) < 4.78 is 0. The van der Waals surface area contributed by atoms with Gasteiger partial charge in [0.15, 0.2) is 5.82 Å². The molecule has 0 amide bonds. The van der Waals surface area contributed by atoms with Crippen molar-refractivity contribution in [3.8, 4) is 0 Å². The number of nitrogen functional groups attached to an aromatic ring is 1. The maximum atomic E-state index is 5.78. The highest BCUT2D eigenvalue weighted by atomic mass is 35.5. The molecule has 2 heterocycles. The molecule has 3 N–H and O–H groups in total. The van der Waals surface area contributed by atoms with Crippen LogP contribution in [0.3, 0.4) is 0 Å². The first-order chi connectivity index (χ1) is 9.72. The highest BCUT2D eigenvalue weighted by Crippen LogP contribution is 2.18. The zero-order chi connectivity index (χ0) is 13.9. The first-order valence-corrected chi connectivity index (χ1v) is 6.94. The van der Waals surface area contributed by atoms with E-state index < -0.39 is 0 Å². The first kappa shape index (κ1) is 15.4. The number of hydrogen-bond donors (Lipinski definition) is 1. The van der Waals surface area contributed by atoms with Gasteiger partial charge in [-0.05, 0) is 19.1 Å². The molecule has 0 unspecified atom stereocenters. The maximum absolute atomic E-state index is 5.78. The quantitative estimate of drug-likeness (QED) is 0.705. The van der Waals surface area contributed by atoms with Crippen LogP contribution in [0.2, 0.25) is 0 Å². The molecule has 1 aromatic carbocycles. The van der Waals surface area contributed by atoms with Crippen LogP contribution in [-0.4, -0.2) is 31.2 Å². The second kappa shape index (κ2) is 6.63.